The highest BCUT2D eigenvalue weighted by molar-refractivity contribution is 5.23. The zero-order valence-corrected chi connectivity index (χ0v) is 10.1. The third-order valence-corrected chi connectivity index (χ3v) is 3.50. The molecule has 1 saturated carbocycles. The molecule has 2 rings (SSSR count). The summed E-state index contributed by atoms with van der Waals surface area (Å²) in [4.78, 5) is 0. The van der Waals surface area contributed by atoms with Crippen LogP contribution in [0.2, 0.25) is 0 Å². The zero-order valence-electron chi connectivity index (χ0n) is 10.1. The number of aromatic nitrogens is 2. The lowest BCUT2D eigenvalue weighted by Gasteiger charge is -2.28. The molecule has 1 N–H and O–H groups in total. The van der Waals surface area contributed by atoms with Crippen LogP contribution < -0.4 is 0 Å². The highest BCUT2D eigenvalue weighted by Gasteiger charge is 2.23. The van der Waals surface area contributed by atoms with Crippen LogP contribution in [-0.4, -0.2) is 15.3 Å². The van der Waals surface area contributed by atoms with Crippen LogP contribution in [0.3, 0.4) is 0 Å². The molecule has 0 aliphatic heterocycles. The second kappa shape index (κ2) is 4.91. The molecule has 0 radical (unpaired) electrons. The Bertz CT molecular complexity index is 361. The van der Waals surface area contributed by atoms with E-state index in [1.54, 1.807) is 0 Å². The van der Waals surface area contributed by atoms with Gasteiger partial charge in [-0.15, -0.1) is 0 Å². The van der Waals surface area contributed by atoms with E-state index in [4.69, 9.17) is 0 Å². The molecular formula is C13H20N2O. The van der Waals surface area contributed by atoms with Gasteiger partial charge in [-0.1, -0.05) is 26.2 Å². The van der Waals surface area contributed by atoms with Crippen LogP contribution in [-0.2, 0) is 6.42 Å². The fraction of sp³-hybridized carbons (Fsp3) is 0.692. The monoisotopic (exact) mass is 220 g/mol. The summed E-state index contributed by atoms with van der Waals surface area (Å²) < 4.78 is 0. The molecule has 0 spiro atoms. The lowest BCUT2D eigenvalue weighted by Crippen LogP contribution is -2.16. The molecule has 1 aliphatic rings. The van der Waals surface area contributed by atoms with E-state index in [1.807, 2.05) is 13.0 Å². The van der Waals surface area contributed by atoms with Crippen molar-refractivity contribution in [3.8, 4) is 0 Å². The first kappa shape index (κ1) is 11.5. The Balaban J connectivity index is 2.13. The first-order valence-electron chi connectivity index (χ1n) is 6.22. The summed E-state index contributed by atoms with van der Waals surface area (Å²) in [6.45, 7) is 3.98. The van der Waals surface area contributed by atoms with Gasteiger partial charge in [0.2, 0.25) is 0 Å². The van der Waals surface area contributed by atoms with Crippen LogP contribution in [0.1, 0.15) is 55.7 Å². The largest absolute Gasteiger partial charge is 0.388 e. The van der Waals surface area contributed by atoms with Gasteiger partial charge in [0.1, 0.15) is 0 Å². The van der Waals surface area contributed by atoms with Gasteiger partial charge in [-0.2, -0.15) is 10.2 Å². The smallest absolute Gasteiger partial charge is 0.0811 e. The predicted octanol–water partition coefficient (Wildman–Crippen LogP) is 2.57. The number of rotatable bonds is 4. The normalized spacial score (nSPS) is 18.2. The Morgan fingerprint density at radius 3 is 2.75 bits per heavy atom. The third kappa shape index (κ3) is 2.40. The molecule has 0 bridgehead atoms. The maximum Gasteiger partial charge on any atom is 0.0811 e. The van der Waals surface area contributed by atoms with Gasteiger partial charge in [-0.3, -0.25) is 0 Å². The molecule has 0 saturated heterocycles. The van der Waals surface area contributed by atoms with Crippen molar-refractivity contribution in [2.75, 3.05) is 0 Å². The van der Waals surface area contributed by atoms with Crippen molar-refractivity contribution in [3.05, 3.63) is 23.0 Å². The number of hydrogen-bond donors (Lipinski definition) is 1. The molecule has 1 unspecified atom stereocenters. The van der Waals surface area contributed by atoms with Gasteiger partial charge in [-0.25, -0.2) is 0 Å². The molecule has 88 valence electrons. The molecule has 3 heteroatoms. The van der Waals surface area contributed by atoms with Crippen molar-refractivity contribution in [3.63, 3.8) is 0 Å². The molecule has 1 aromatic rings. The van der Waals surface area contributed by atoms with Crippen LogP contribution >= 0.6 is 0 Å². The minimum atomic E-state index is -0.352. The van der Waals surface area contributed by atoms with E-state index < -0.39 is 0 Å². The van der Waals surface area contributed by atoms with E-state index in [2.05, 4.69) is 17.1 Å². The molecule has 1 fully saturated rings. The summed E-state index contributed by atoms with van der Waals surface area (Å²) in [6, 6.07) is 1.98. The van der Waals surface area contributed by atoms with Crippen molar-refractivity contribution < 1.29 is 5.11 Å². The molecule has 0 amide bonds. The van der Waals surface area contributed by atoms with E-state index in [0.717, 1.165) is 29.8 Å². The lowest BCUT2D eigenvalue weighted by atomic mass is 9.80. The van der Waals surface area contributed by atoms with Gasteiger partial charge < -0.3 is 5.11 Å². The number of aliphatic hydroxyl groups is 1. The van der Waals surface area contributed by atoms with Gasteiger partial charge in [0.15, 0.2) is 0 Å². The Hall–Kier alpha value is -0.960. The van der Waals surface area contributed by atoms with Gasteiger partial charge in [-0.05, 0) is 31.7 Å². The van der Waals surface area contributed by atoms with Crippen molar-refractivity contribution in [2.45, 2.75) is 52.1 Å². The standard InChI is InChI=1S/C13H20N2O/c1-3-12-11(7-9(2)14-15-12)13(16)8-10-5-4-6-10/h7,10,13,16H,3-6,8H2,1-2H3. The Kier molecular flexibility index (Phi) is 3.54. The van der Waals surface area contributed by atoms with Gasteiger partial charge in [0, 0.05) is 5.56 Å². The molecule has 16 heavy (non-hydrogen) atoms. The van der Waals surface area contributed by atoms with Gasteiger partial charge >= 0.3 is 0 Å². The SMILES string of the molecule is CCc1nnc(C)cc1C(O)CC1CCC1. The number of aliphatic hydroxyl groups excluding tert-OH is 1. The van der Waals surface area contributed by atoms with E-state index >= 15 is 0 Å². The van der Waals surface area contributed by atoms with Gasteiger partial charge in [0.05, 0.1) is 17.5 Å². The van der Waals surface area contributed by atoms with E-state index in [0.29, 0.717) is 5.92 Å². The molecule has 1 atom stereocenters. The summed E-state index contributed by atoms with van der Waals surface area (Å²) in [6.07, 6.45) is 5.25. The number of aryl methyl sites for hydroxylation is 2. The quantitative estimate of drug-likeness (QED) is 0.848. The summed E-state index contributed by atoms with van der Waals surface area (Å²) in [7, 11) is 0. The highest BCUT2D eigenvalue weighted by atomic mass is 16.3. The molecule has 1 aliphatic carbocycles. The maximum atomic E-state index is 10.2. The van der Waals surface area contributed by atoms with E-state index in [1.165, 1.54) is 19.3 Å². The third-order valence-electron chi connectivity index (χ3n) is 3.50. The number of hydrogen-bond acceptors (Lipinski definition) is 3. The summed E-state index contributed by atoms with van der Waals surface area (Å²) in [5.41, 5.74) is 2.82. The molecular weight excluding hydrogens is 200 g/mol. The first-order chi connectivity index (χ1) is 7.70. The number of nitrogens with zero attached hydrogens (tertiary/aromatic N) is 2. The van der Waals surface area contributed by atoms with Crippen molar-refractivity contribution in [2.24, 2.45) is 5.92 Å². The predicted molar refractivity (Wildman–Crippen MR) is 63.1 cm³/mol. The summed E-state index contributed by atoms with van der Waals surface area (Å²) in [5, 5.41) is 18.4. The van der Waals surface area contributed by atoms with E-state index in [9.17, 15) is 5.11 Å². The lowest BCUT2D eigenvalue weighted by molar-refractivity contribution is 0.117. The second-order valence-corrected chi connectivity index (χ2v) is 4.79. The van der Waals surface area contributed by atoms with E-state index in [-0.39, 0.29) is 6.10 Å². The minimum absolute atomic E-state index is 0.352. The Morgan fingerprint density at radius 2 is 2.19 bits per heavy atom. The molecule has 0 aromatic carbocycles. The van der Waals surface area contributed by atoms with Crippen molar-refractivity contribution in [1.29, 1.82) is 0 Å². The second-order valence-electron chi connectivity index (χ2n) is 4.79. The van der Waals surface area contributed by atoms with Crippen LogP contribution in [0.5, 0.6) is 0 Å². The van der Waals surface area contributed by atoms with Crippen LogP contribution in [0.15, 0.2) is 6.07 Å². The fourth-order valence-corrected chi connectivity index (χ4v) is 2.27. The molecule has 3 nitrogen and oxygen atoms in total. The topological polar surface area (TPSA) is 46.0 Å². The minimum Gasteiger partial charge on any atom is -0.388 e. The van der Waals surface area contributed by atoms with Gasteiger partial charge in [0.25, 0.3) is 0 Å². The molecule has 1 heterocycles. The maximum absolute atomic E-state index is 10.2. The average molecular weight is 220 g/mol. The highest BCUT2D eigenvalue weighted by Crippen LogP contribution is 2.35. The van der Waals surface area contributed by atoms with Crippen LogP contribution in [0, 0.1) is 12.8 Å². The summed E-state index contributed by atoms with van der Waals surface area (Å²) in [5.74, 6) is 0.716. The Labute approximate surface area is 96.9 Å². The van der Waals surface area contributed by atoms with Crippen LogP contribution in [0.25, 0.3) is 0 Å². The molecule has 1 aromatic heterocycles. The zero-order chi connectivity index (χ0) is 11.5. The first-order valence-corrected chi connectivity index (χ1v) is 6.22. The van der Waals surface area contributed by atoms with Crippen LogP contribution in [0.4, 0.5) is 0 Å². The Morgan fingerprint density at radius 1 is 1.44 bits per heavy atom. The van der Waals surface area contributed by atoms with Crippen molar-refractivity contribution >= 4 is 0 Å². The fourth-order valence-electron chi connectivity index (χ4n) is 2.27. The average Bonchev–Trinajstić information content (AvgIpc) is 2.23. The summed E-state index contributed by atoms with van der Waals surface area (Å²) >= 11 is 0. The van der Waals surface area contributed by atoms with Crippen molar-refractivity contribution in [1.82, 2.24) is 10.2 Å².